The molecular weight excluding hydrogens is 208 g/mol. The predicted molar refractivity (Wildman–Crippen MR) is 74.3 cm³/mol. The highest BCUT2D eigenvalue weighted by Gasteiger charge is 2.20. The first-order valence-electron chi connectivity index (χ1n) is 7.84. The molecule has 0 radical (unpaired) electrons. The quantitative estimate of drug-likeness (QED) is 0.765. The van der Waals surface area contributed by atoms with Crippen LogP contribution in [0.1, 0.15) is 58.3 Å². The molecule has 1 saturated heterocycles. The van der Waals surface area contributed by atoms with Crippen LogP contribution in [-0.2, 0) is 0 Å². The van der Waals surface area contributed by atoms with Crippen molar-refractivity contribution in [1.82, 2.24) is 10.2 Å². The first kappa shape index (κ1) is 13.4. The van der Waals surface area contributed by atoms with Gasteiger partial charge in [0.05, 0.1) is 0 Å². The Morgan fingerprint density at radius 2 is 1.76 bits per heavy atom. The van der Waals surface area contributed by atoms with Crippen LogP contribution in [0.25, 0.3) is 0 Å². The van der Waals surface area contributed by atoms with Gasteiger partial charge in [-0.1, -0.05) is 32.6 Å². The molecule has 1 N–H and O–H groups in total. The largest absolute Gasteiger partial charge is 0.314 e. The number of nitrogens with zero attached hydrogens (tertiary/aromatic N) is 1. The van der Waals surface area contributed by atoms with Crippen LogP contribution in [0, 0.1) is 5.92 Å². The second-order valence-corrected chi connectivity index (χ2v) is 6.01. The fraction of sp³-hybridized carbons (Fsp3) is 1.00. The number of hydrogen-bond donors (Lipinski definition) is 1. The zero-order chi connectivity index (χ0) is 11.9. The molecule has 2 fully saturated rings. The molecule has 2 aliphatic rings. The highest BCUT2D eigenvalue weighted by molar-refractivity contribution is 4.78. The lowest BCUT2D eigenvalue weighted by Crippen LogP contribution is -2.43. The molecule has 0 atom stereocenters. The van der Waals surface area contributed by atoms with Crippen molar-refractivity contribution in [3.05, 3.63) is 0 Å². The molecule has 2 rings (SSSR count). The molecule has 100 valence electrons. The Kier molecular flexibility index (Phi) is 5.79. The van der Waals surface area contributed by atoms with E-state index in [0.717, 1.165) is 12.0 Å². The lowest BCUT2D eigenvalue weighted by molar-refractivity contribution is 0.186. The third-order valence-electron chi connectivity index (χ3n) is 4.60. The summed E-state index contributed by atoms with van der Waals surface area (Å²) in [5.41, 5.74) is 0. The Morgan fingerprint density at radius 3 is 2.41 bits per heavy atom. The van der Waals surface area contributed by atoms with Gasteiger partial charge in [0.2, 0.25) is 0 Å². The summed E-state index contributed by atoms with van der Waals surface area (Å²) >= 11 is 0. The molecule has 17 heavy (non-hydrogen) atoms. The van der Waals surface area contributed by atoms with Gasteiger partial charge in [0, 0.05) is 6.04 Å². The van der Waals surface area contributed by atoms with E-state index in [-0.39, 0.29) is 0 Å². The fourth-order valence-corrected chi connectivity index (χ4v) is 3.37. The van der Waals surface area contributed by atoms with Crippen molar-refractivity contribution in [3.8, 4) is 0 Å². The molecule has 1 heterocycles. The molecule has 2 heteroatoms. The number of rotatable bonds is 6. The molecule has 2 nitrogen and oxygen atoms in total. The summed E-state index contributed by atoms with van der Waals surface area (Å²) in [7, 11) is 0. The first-order chi connectivity index (χ1) is 8.38. The van der Waals surface area contributed by atoms with Crippen molar-refractivity contribution in [3.63, 3.8) is 0 Å². The standard InChI is InChI=1S/C15H30N2/c1-2-10-16-15-8-12-17(13-9-15)11-7-14-5-3-4-6-14/h14-16H,2-13H2,1H3. The van der Waals surface area contributed by atoms with Crippen molar-refractivity contribution in [2.75, 3.05) is 26.2 Å². The van der Waals surface area contributed by atoms with Crippen molar-refractivity contribution >= 4 is 0 Å². The molecule has 1 aliphatic heterocycles. The second-order valence-electron chi connectivity index (χ2n) is 6.01. The monoisotopic (exact) mass is 238 g/mol. The van der Waals surface area contributed by atoms with Crippen LogP contribution < -0.4 is 5.32 Å². The summed E-state index contributed by atoms with van der Waals surface area (Å²) < 4.78 is 0. The zero-order valence-electron chi connectivity index (χ0n) is 11.6. The summed E-state index contributed by atoms with van der Waals surface area (Å²) in [6, 6.07) is 0.803. The SMILES string of the molecule is CCCNC1CCN(CCC2CCCC2)CC1. The predicted octanol–water partition coefficient (Wildman–Crippen LogP) is 3.03. The number of hydrogen-bond acceptors (Lipinski definition) is 2. The Bertz CT molecular complexity index is 191. The number of nitrogens with one attached hydrogen (secondary N) is 1. The van der Waals surface area contributed by atoms with E-state index in [4.69, 9.17) is 0 Å². The van der Waals surface area contributed by atoms with Gasteiger partial charge in [0.1, 0.15) is 0 Å². The fourth-order valence-electron chi connectivity index (χ4n) is 3.37. The maximum Gasteiger partial charge on any atom is 0.00914 e. The molecule has 1 aliphatic carbocycles. The minimum Gasteiger partial charge on any atom is -0.314 e. The topological polar surface area (TPSA) is 15.3 Å². The minimum atomic E-state index is 0.803. The summed E-state index contributed by atoms with van der Waals surface area (Å²) in [6.45, 7) is 7.48. The summed E-state index contributed by atoms with van der Waals surface area (Å²) in [5.74, 6) is 1.06. The molecule has 0 unspecified atom stereocenters. The maximum absolute atomic E-state index is 3.66. The normalized spacial score (nSPS) is 24.5. The van der Waals surface area contributed by atoms with Gasteiger partial charge in [0.15, 0.2) is 0 Å². The highest BCUT2D eigenvalue weighted by Crippen LogP contribution is 2.27. The van der Waals surface area contributed by atoms with Crippen molar-refractivity contribution < 1.29 is 0 Å². The van der Waals surface area contributed by atoms with Crippen LogP contribution in [0.15, 0.2) is 0 Å². The van der Waals surface area contributed by atoms with Gasteiger partial charge in [-0.25, -0.2) is 0 Å². The van der Waals surface area contributed by atoms with Crippen molar-refractivity contribution in [2.24, 2.45) is 5.92 Å². The molecule has 0 aromatic rings. The Labute approximate surface area is 107 Å². The van der Waals surface area contributed by atoms with Crippen LogP contribution in [0.2, 0.25) is 0 Å². The average molecular weight is 238 g/mol. The van der Waals surface area contributed by atoms with E-state index in [1.165, 1.54) is 77.5 Å². The van der Waals surface area contributed by atoms with Gasteiger partial charge in [-0.05, 0) is 57.8 Å². The van der Waals surface area contributed by atoms with Crippen molar-refractivity contribution in [1.29, 1.82) is 0 Å². The van der Waals surface area contributed by atoms with E-state index in [1.54, 1.807) is 0 Å². The Morgan fingerprint density at radius 1 is 1.06 bits per heavy atom. The van der Waals surface area contributed by atoms with E-state index >= 15 is 0 Å². The summed E-state index contributed by atoms with van der Waals surface area (Å²) in [4.78, 5) is 2.70. The van der Waals surface area contributed by atoms with Gasteiger partial charge in [0.25, 0.3) is 0 Å². The molecule has 1 saturated carbocycles. The molecule has 0 aromatic carbocycles. The minimum absolute atomic E-state index is 0.803. The Hall–Kier alpha value is -0.0800. The molecule has 0 bridgehead atoms. The third-order valence-corrected chi connectivity index (χ3v) is 4.60. The lowest BCUT2D eigenvalue weighted by atomic mass is 10.0. The van der Waals surface area contributed by atoms with Crippen LogP contribution in [-0.4, -0.2) is 37.1 Å². The first-order valence-corrected chi connectivity index (χ1v) is 7.84. The van der Waals surface area contributed by atoms with Gasteiger partial charge < -0.3 is 10.2 Å². The molecule has 0 spiro atoms. The van der Waals surface area contributed by atoms with E-state index in [9.17, 15) is 0 Å². The van der Waals surface area contributed by atoms with E-state index in [2.05, 4.69) is 17.1 Å². The summed E-state index contributed by atoms with van der Waals surface area (Å²) in [5, 5.41) is 3.66. The van der Waals surface area contributed by atoms with Crippen molar-refractivity contribution in [2.45, 2.75) is 64.3 Å². The Balaban J connectivity index is 1.55. The molecule has 0 aromatic heterocycles. The highest BCUT2D eigenvalue weighted by atomic mass is 15.1. The third kappa shape index (κ3) is 4.59. The zero-order valence-corrected chi connectivity index (χ0v) is 11.6. The number of piperidine rings is 1. The number of likely N-dealkylation sites (tertiary alicyclic amines) is 1. The molecular formula is C15H30N2. The van der Waals surface area contributed by atoms with Crippen LogP contribution in [0.5, 0.6) is 0 Å². The van der Waals surface area contributed by atoms with Gasteiger partial charge in [-0.2, -0.15) is 0 Å². The van der Waals surface area contributed by atoms with Crippen LogP contribution >= 0.6 is 0 Å². The van der Waals surface area contributed by atoms with Gasteiger partial charge in [-0.15, -0.1) is 0 Å². The molecule has 0 amide bonds. The van der Waals surface area contributed by atoms with Gasteiger partial charge in [-0.3, -0.25) is 0 Å². The van der Waals surface area contributed by atoms with E-state index < -0.39 is 0 Å². The smallest absolute Gasteiger partial charge is 0.00914 e. The summed E-state index contributed by atoms with van der Waals surface area (Å²) in [6.07, 6.45) is 11.5. The van der Waals surface area contributed by atoms with E-state index in [1.807, 2.05) is 0 Å². The lowest BCUT2D eigenvalue weighted by Gasteiger charge is -2.33. The van der Waals surface area contributed by atoms with Crippen LogP contribution in [0.3, 0.4) is 0 Å². The average Bonchev–Trinajstić information content (AvgIpc) is 2.88. The van der Waals surface area contributed by atoms with Gasteiger partial charge >= 0.3 is 0 Å². The van der Waals surface area contributed by atoms with E-state index in [0.29, 0.717) is 0 Å². The maximum atomic E-state index is 3.66. The second kappa shape index (κ2) is 7.38. The van der Waals surface area contributed by atoms with Crippen LogP contribution in [0.4, 0.5) is 0 Å².